The molecule has 0 radical (unpaired) electrons. The number of unbranched alkanes of at least 4 members (excludes halogenated alkanes) is 17. The van der Waals surface area contributed by atoms with E-state index in [2.05, 4.69) is 32.9 Å². The molecule has 0 aliphatic rings. The number of carbonyl (C=O) groups excluding carboxylic acids is 1. The predicted molar refractivity (Wildman–Crippen MR) is 147 cm³/mol. The predicted octanol–water partition coefficient (Wildman–Crippen LogP) is 10.7. The molecule has 2 nitrogen and oxygen atoms in total. The van der Waals surface area contributed by atoms with Crippen molar-refractivity contribution in [2.45, 2.75) is 168 Å². The van der Waals surface area contributed by atoms with Gasteiger partial charge >= 0.3 is 5.97 Å². The summed E-state index contributed by atoms with van der Waals surface area (Å²) >= 11 is 0. The highest BCUT2D eigenvalue weighted by Gasteiger charge is 2.02. The second-order valence-electron chi connectivity index (χ2n) is 10.3. The number of carbonyl (C=O) groups is 1. The molecule has 0 saturated carbocycles. The molecule has 0 rings (SSSR count). The highest BCUT2D eigenvalue weighted by Crippen LogP contribution is 2.15. The van der Waals surface area contributed by atoms with Gasteiger partial charge < -0.3 is 4.74 Å². The van der Waals surface area contributed by atoms with Crippen LogP contribution in [0.1, 0.15) is 168 Å². The van der Waals surface area contributed by atoms with E-state index in [1.165, 1.54) is 122 Å². The molecule has 0 aromatic heterocycles. The fraction of sp³-hybridized carbons (Fsp3) is 0.903. The Hall–Kier alpha value is -0.790. The van der Waals surface area contributed by atoms with Crippen LogP contribution in [0.2, 0.25) is 0 Å². The third kappa shape index (κ3) is 27.3. The lowest BCUT2D eigenvalue weighted by Gasteiger charge is -2.07. The van der Waals surface area contributed by atoms with Crippen LogP contribution in [-0.4, -0.2) is 12.6 Å². The van der Waals surface area contributed by atoms with Crippen molar-refractivity contribution < 1.29 is 9.53 Å². The van der Waals surface area contributed by atoms with Gasteiger partial charge in [0.1, 0.15) is 0 Å². The van der Waals surface area contributed by atoms with Crippen LogP contribution in [0.25, 0.3) is 0 Å². The summed E-state index contributed by atoms with van der Waals surface area (Å²) in [6, 6.07) is 0. The lowest BCUT2D eigenvalue weighted by Crippen LogP contribution is -2.05. The van der Waals surface area contributed by atoms with Gasteiger partial charge in [-0.15, -0.1) is 0 Å². The van der Waals surface area contributed by atoms with Crippen LogP contribution in [0, 0.1) is 5.92 Å². The molecular formula is C31H60O2. The van der Waals surface area contributed by atoms with E-state index < -0.39 is 0 Å². The minimum Gasteiger partial charge on any atom is -0.466 e. The van der Waals surface area contributed by atoms with Crippen molar-refractivity contribution in [3.8, 4) is 0 Å². The van der Waals surface area contributed by atoms with E-state index >= 15 is 0 Å². The fourth-order valence-corrected chi connectivity index (χ4v) is 4.27. The zero-order valence-corrected chi connectivity index (χ0v) is 23.0. The van der Waals surface area contributed by atoms with Crippen LogP contribution >= 0.6 is 0 Å². The summed E-state index contributed by atoms with van der Waals surface area (Å²) in [7, 11) is 0. The van der Waals surface area contributed by atoms with Crippen molar-refractivity contribution in [2.24, 2.45) is 5.92 Å². The van der Waals surface area contributed by atoms with Gasteiger partial charge in [-0.1, -0.05) is 142 Å². The third-order valence-electron chi connectivity index (χ3n) is 6.94. The van der Waals surface area contributed by atoms with Gasteiger partial charge in [0.05, 0.1) is 6.61 Å². The molecule has 196 valence electrons. The molecule has 0 bridgehead atoms. The summed E-state index contributed by atoms with van der Waals surface area (Å²) in [6.45, 7) is 7.54. The zero-order chi connectivity index (χ0) is 24.2. The molecule has 1 unspecified atom stereocenters. The summed E-state index contributed by atoms with van der Waals surface area (Å²) in [5, 5.41) is 0. The van der Waals surface area contributed by atoms with Gasteiger partial charge in [-0.25, -0.2) is 0 Å². The maximum atomic E-state index is 11.8. The van der Waals surface area contributed by atoms with E-state index in [9.17, 15) is 4.79 Å². The second-order valence-corrected chi connectivity index (χ2v) is 10.3. The molecule has 0 fully saturated rings. The summed E-state index contributed by atoms with van der Waals surface area (Å²) in [5.41, 5.74) is 0. The van der Waals surface area contributed by atoms with Gasteiger partial charge in [0.2, 0.25) is 0 Å². The van der Waals surface area contributed by atoms with Crippen LogP contribution in [0.15, 0.2) is 12.2 Å². The second kappa shape index (κ2) is 27.5. The first kappa shape index (κ1) is 32.2. The topological polar surface area (TPSA) is 26.3 Å². The molecule has 33 heavy (non-hydrogen) atoms. The van der Waals surface area contributed by atoms with E-state index in [1.54, 1.807) is 0 Å². The zero-order valence-electron chi connectivity index (χ0n) is 23.0. The third-order valence-corrected chi connectivity index (χ3v) is 6.94. The van der Waals surface area contributed by atoms with E-state index in [1.807, 2.05) is 0 Å². The standard InChI is InChI=1S/C31H60O2/c1-4-6-7-8-9-10-12-16-19-22-25-28-31(32)33-29-26-23-20-17-14-11-13-15-18-21-24-27-30(3)5-2/h8-9,30H,4-7,10-29H2,1-3H3. The van der Waals surface area contributed by atoms with Crippen molar-refractivity contribution >= 4 is 5.97 Å². The monoisotopic (exact) mass is 464 g/mol. The van der Waals surface area contributed by atoms with Crippen LogP contribution in [0.5, 0.6) is 0 Å². The number of rotatable bonds is 26. The minimum atomic E-state index is 0.0120. The molecule has 0 N–H and O–H groups in total. The highest BCUT2D eigenvalue weighted by molar-refractivity contribution is 5.69. The lowest BCUT2D eigenvalue weighted by molar-refractivity contribution is -0.143. The Morgan fingerprint density at radius 2 is 1.12 bits per heavy atom. The van der Waals surface area contributed by atoms with Crippen LogP contribution in [0.4, 0.5) is 0 Å². The maximum Gasteiger partial charge on any atom is 0.305 e. The van der Waals surface area contributed by atoms with Gasteiger partial charge in [0.25, 0.3) is 0 Å². The Balaban J connectivity index is 3.19. The fourth-order valence-electron chi connectivity index (χ4n) is 4.27. The molecule has 2 heteroatoms. The molecule has 0 aliphatic carbocycles. The first-order valence-electron chi connectivity index (χ1n) is 15.0. The molecule has 0 aromatic rings. The van der Waals surface area contributed by atoms with E-state index in [4.69, 9.17) is 4.74 Å². The van der Waals surface area contributed by atoms with E-state index in [-0.39, 0.29) is 5.97 Å². The summed E-state index contributed by atoms with van der Waals surface area (Å²) in [5.74, 6) is 0.930. The Morgan fingerprint density at radius 3 is 1.70 bits per heavy atom. The van der Waals surface area contributed by atoms with Gasteiger partial charge in [-0.3, -0.25) is 4.79 Å². The Labute approximate surface area is 208 Å². The van der Waals surface area contributed by atoms with Gasteiger partial charge in [0.15, 0.2) is 0 Å². The normalized spacial score (nSPS) is 12.5. The average Bonchev–Trinajstić information content (AvgIpc) is 2.82. The maximum absolute atomic E-state index is 11.8. The summed E-state index contributed by atoms with van der Waals surface area (Å²) < 4.78 is 5.40. The first-order valence-corrected chi connectivity index (χ1v) is 15.0. The van der Waals surface area contributed by atoms with Gasteiger partial charge in [0, 0.05) is 6.42 Å². The molecule has 0 spiro atoms. The molecule has 0 saturated heterocycles. The molecule has 0 heterocycles. The number of hydrogen-bond acceptors (Lipinski definition) is 2. The SMILES string of the molecule is CCCCC=CCCCCCCCC(=O)OCCCCCCCCCCCCCC(C)CC. The molecular weight excluding hydrogens is 404 g/mol. The van der Waals surface area contributed by atoms with E-state index in [0.717, 1.165) is 25.2 Å². The summed E-state index contributed by atoms with van der Waals surface area (Å²) in [4.78, 5) is 11.8. The first-order chi connectivity index (χ1) is 16.2. The van der Waals surface area contributed by atoms with Crippen LogP contribution < -0.4 is 0 Å². The number of esters is 1. The quantitative estimate of drug-likeness (QED) is 0.0722. The molecule has 0 aliphatic heterocycles. The average molecular weight is 465 g/mol. The van der Waals surface area contributed by atoms with Crippen molar-refractivity contribution in [2.75, 3.05) is 6.61 Å². The number of ether oxygens (including phenoxy) is 1. The van der Waals surface area contributed by atoms with E-state index in [0.29, 0.717) is 13.0 Å². The molecule has 1 atom stereocenters. The Morgan fingerprint density at radius 1 is 0.636 bits per heavy atom. The Kier molecular flexibility index (Phi) is 26.8. The van der Waals surface area contributed by atoms with Crippen molar-refractivity contribution in [3.05, 3.63) is 12.2 Å². The number of allylic oxidation sites excluding steroid dienone is 2. The van der Waals surface area contributed by atoms with Crippen LogP contribution in [0.3, 0.4) is 0 Å². The summed E-state index contributed by atoms with van der Waals surface area (Å²) in [6.07, 6.45) is 33.8. The van der Waals surface area contributed by atoms with Crippen molar-refractivity contribution in [1.29, 1.82) is 0 Å². The number of hydrogen-bond donors (Lipinski definition) is 0. The van der Waals surface area contributed by atoms with Crippen LogP contribution in [-0.2, 0) is 9.53 Å². The van der Waals surface area contributed by atoms with Crippen molar-refractivity contribution in [1.82, 2.24) is 0 Å². The minimum absolute atomic E-state index is 0.0120. The van der Waals surface area contributed by atoms with Crippen molar-refractivity contribution in [3.63, 3.8) is 0 Å². The Bertz CT molecular complexity index is 415. The largest absolute Gasteiger partial charge is 0.466 e. The van der Waals surface area contributed by atoms with Gasteiger partial charge in [-0.2, -0.15) is 0 Å². The van der Waals surface area contributed by atoms with Gasteiger partial charge in [-0.05, 0) is 38.0 Å². The lowest BCUT2D eigenvalue weighted by atomic mass is 9.99. The molecule has 0 aromatic carbocycles. The molecule has 0 amide bonds. The smallest absolute Gasteiger partial charge is 0.305 e. The highest BCUT2D eigenvalue weighted by atomic mass is 16.5.